The van der Waals surface area contributed by atoms with E-state index in [2.05, 4.69) is 14.7 Å². The SMILES string of the molecule is O=c1[nH]c2ccc(S(=O)(=O)Nc3nccs3)cc2o1. The monoisotopic (exact) mass is 297 g/mol. The molecule has 0 fully saturated rings. The van der Waals surface area contributed by atoms with Gasteiger partial charge in [0.15, 0.2) is 10.7 Å². The summed E-state index contributed by atoms with van der Waals surface area (Å²) in [4.78, 5) is 17.3. The number of nitrogens with one attached hydrogen (secondary N) is 2. The maximum absolute atomic E-state index is 12.1. The summed E-state index contributed by atoms with van der Waals surface area (Å²) in [6.07, 6.45) is 1.50. The van der Waals surface area contributed by atoms with Gasteiger partial charge >= 0.3 is 5.76 Å². The fourth-order valence-corrected chi connectivity index (χ4v) is 3.34. The van der Waals surface area contributed by atoms with Gasteiger partial charge in [-0.3, -0.25) is 9.71 Å². The molecule has 0 aliphatic rings. The highest BCUT2D eigenvalue weighted by molar-refractivity contribution is 7.93. The molecule has 1 aromatic carbocycles. The van der Waals surface area contributed by atoms with Crippen molar-refractivity contribution >= 4 is 37.6 Å². The smallest absolute Gasteiger partial charge is 0.408 e. The lowest BCUT2D eigenvalue weighted by Crippen LogP contribution is -2.12. The van der Waals surface area contributed by atoms with E-state index in [-0.39, 0.29) is 15.6 Å². The van der Waals surface area contributed by atoms with Gasteiger partial charge in [0, 0.05) is 17.6 Å². The zero-order valence-corrected chi connectivity index (χ0v) is 10.9. The first-order valence-corrected chi connectivity index (χ1v) is 7.46. The van der Waals surface area contributed by atoms with Gasteiger partial charge in [0.25, 0.3) is 10.0 Å². The molecule has 0 bridgehead atoms. The van der Waals surface area contributed by atoms with E-state index in [0.717, 1.165) is 0 Å². The first kappa shape index (κ1) is 11.9. The van der Waals surface area contributed by atoms with Crippen LogP contribution in [0.3, 0.4) is 0 Å². The van der Waals surface area contributed by atoms with E-state index < -0.39 is 15.8 Å². The number of aromatic amines is 1. The first-order chi connectivity index (χ1) is 9.04. The molecule has 2 heterocycles. The number of thiazole rings is 1. The molecular formula is C10H7N3O4S2. The number of fused-ring (bicyclic) bond motifs is 1. The molecule has 0 saturated heterocycles. The third kappa shape index (κ3) is 2.25. The van der Waals surface area contributed by atoms with Crippen molar-refractivity contribution in [2.24, 2.45) is 0 Å². The van der Waals surface area contributed by atoms with Crippen LogP contribution in [0.2, 0.25) is 0 Å². The average Bonchev–Trinajstić information content (AvgIpc) is 2.95. The normalized spacial score (nSPS) is 11.8. The molecule has 0 radical (unpaired) electrons. The Morgan fingerprint density at radius 3 is 2.95 bits per heavy atom. The maximum Gasteiger partial charge on any atom is 0.417 e. The second-order valence-corrected chi connectivity index (χ2v) is 6.19. The van der Waals surface area contributed by atoms with Crippen LogP contribution in [0, 0.1) is 0 Å². The fourth-order valence-electron chi connectivity index (χ4n) is 1.54. The molecule has 0 atom stereocenters. The van der Waals surface area contributed by atoms with E-state index in [0.29, 0.717) is 5.52 Å². The van der Waals surface area contributed by atoms with Crippen molar-refractivity contribution < 1.29 is 12.8 Å². The zero-order chi connectivity index (χ0) is 13.5. The lowest BCUT2D eigenvalue weighted by Gasteiger charge is -2.04. The molecule has 2 N–H and O–H groups in total. The van der Waals surface area contributed by atoms with Crippen LogP contribution in [0.15, 0.2) is 43.9 Å². The second kappa shape index (κ2) is 4.21. The van der Waals surface area contributed by atoms with Gasteiger partial charge in [0.1, 0.15) is 0 Å². The molecule has 3 rings (SSSR count). The Bertz CT molecular complexity index is 877. The van der Waals surface area contributed by atoms with E-state index in [1.54, 1.807) is 5.38 Å². The number of aromatic nitrogens is 2. The Morgan fingerprint density at radius 2 is 2.21 bits per heavy atom. The molecule has 0 amide bonds. The predicted octanol–water partition coefficient (Wildman–Crippen LogP) is 1.38. The van der Waals surface area contributed by atoms with Crippen molar-refractivity contribution in [1.82, 2.24) is 9.97 Å². The lowest BCUT2D eigenvalue weighted by molar-refractivity contribution is 0.554. The van der Waals surface area contributed by atoms with Gasteiger partial charge < -0.3 is 4.42 Å². The molecule has 0 saturated carbocycles. The Morgan fingerprint density at radius 1 is 1.37 bits per heavy atom. The van der Waals surface area contributed by atoms with Crippen LogP contribution in [0.1, 0.15) is 0 Å². The van der Waals surface area contributed by atoms with E-state index in [4.69, 9.17) is 4.42 Å². The van der Waals surface area contributed by atoms with Crippen molar-refractivity contribution in [3.8, 4) is 0 Å². The molecule has 0 spiro atoms. The molecule has 3 aromatic rings. The highest BCUT2D eigenvalue weighted by Gasteiger charge is 2.17. The second-order valence-electron chi connectivity index (χ2n) is 3.62. The van der Waals surface area contributed by atoms with Crippen molar-refractivity contribution in [3.63, 3.8) is 0 Å². The number of rotatable bonds is 3. The Hall–Kier alpha value is -2.13. The number of oxazole rings is 1. The summed E-state index contributed by atoms with van der Waals surface area (Å²) in [6.45, 7) is 0. The van der Waals surface area contributed by atoms with Gasteiger partial charge in [0.2, 0.25) is 0 Å². The van der Waals surface area contributed by atoms with E-state index >= 15 is 0 Å². The first-order valence-electron chi connectivity index (χ1n) is 5.10. The number of nitrogens with zero attached hydrogens (tertiary/aromatic N) is 1. The molecule has 98 valence electrons. The minimum Gasteiger partial charge on any atom is -0.408 e. The van der Waals surface area contributed by atoms with Gasteiger partial charge in [-0.25, -0.2) is 18.2 Å². The van der Waals surface area contributed by atoms with Gasteiger partial charge in [-0.15, -0.1) is 11.3 Å². The zero-order valence-electron chi connectivity index (χ0n) is 9.28. The largest absolute Gasteiger partial charge is 0.417 e. The molecule has 19 heavy (non-hydrogen) atoms. The maximum atomic E-state index is 12.1. The number of sulfonamides is 1. The molecule has 9 heteroatoms. The average molecular weight is 297 g/mol. The standard InChI is InChI=1S/C10H7N3O4S2/c14-10-12-7-2-1-6(5-8(7)17-10)19(15,16)13-9-11-3-4-18-9/h1-5H,(H,11,13)(H,12,14). The van der Waals surface area contributed by atoms with Crippen LogP contribution in [0.25, 0.3) is 11.1 Å². The highest BCUT2D eigenvalue weighted by Crippen LogP contribution is 2.20. The van der Waals surface area contributed by atoms with Crippen LogP contribution in [0.4, 0.5) is 5.13 Å². The molecular weight excluding hydrogens is 290 g/mol. The minimum absolute atomic E-state index is 0.00190. The Kier molecular flexibility index (Phi) is 2.64. The predicted molar refractivity (Wildman–Crippen MR) is 69.8 cm³/mol. The van der Waals surface area contributed by atoms with E-state index in [1.165, 1.54) is 35.7 Å². The Balaban J connectivity index is 2.05. The van der Waals surface area contributed by atoms with Crippen LogP contribution >= 0.6 is 11.3 Å². The number of H-pyrrole nitrogens is 1. The quantitative estimate of drug-likeness (QED) is 0.759. The summed E-state index contributed by atoms with van der Waals surface area (Å²) in [5.74, 6) is -0.627. The molecule has 2 aromatic heterocycles. The van der Waals surface area contributed by atoms with E-state index in [9.17, 15) is 13.2 Å². The number of hydrogen-bond acceptors (Lipinski definition) is 6. The Labute approximate surface area is 111 Å². The molecule has 0 aliphatic heterocycles. The van der Waals surface area contributed by atoms with Gasteiger partial charge in [-0.1, -0.05) is 0 Å². The third-order valence-corrected chi connectivity index (χ3v) is 4.51. The number of benzene rings is 1. The summed E-state index contributed by atoms with van der Waals surface area (Å²) >= 11 is 1.17. The third-order valence-electron chi connectivity index (χ3n) is 2.36. The molecule has 0 unspecified atom stereocenters. The van der Waals surface area contributed by atoms with Crippen molar-refractivity contribution in [1.29, 1.82) is 0 Å². The van der Waals surface area contributed by atoms with E-state index in [1.807, 2.05) is 0 Å². The van der Waals surface area contributed by atoms with Crippen LogP contribution in [-0.4, -0.2) is 18.4 Å². The summed E-state index contributed by atoms with van der Waals surface area (Å²) in [7, 11) is -3.74. The fraction of sp³-hybridized carbons (Fsp3) is 0. The minimum atomic E-state index is -3.74. The number of hydrogen-bond donors (Lipinski definition) is 2. The summed E-state index contributed by atoms with van der Waals surface area (Å²) in [5, 5.41) is 1.93. The van der Waals surface area contributed by atoms with Crippen molar-refractivity contribution in [2.45, 2.75) is 4.90 Å². The van der Waals surface area contributed by atoms with Crippen molar-refractivity contribution in [2.75, 3.05) is 4.72 Å². The van der Waals surface area contributed by atoms with Gasteiger partial charge in [-0.05, 0) is 12.1 Å². The van der Waals surface area contributed by atoms with Crippen LogP contribution in [-0.2, 0) is 10.0 Å². The van der Waals surface area contributed by atoms with Crippen LogP contribution in [0.5, 0.6) is 0 Å². The van der Waals surface area contributed by atoms with Gasteiger partial charge in [0.05, 0.1) is 10.4 Å². The van der Waals surface area contributed by atoms with Crippen LogP contribution < -0.4 is 10.5 Å². The lowest BCUT2D eigenvalue weighted by atomic mass is 10.3. The summed E-state index contributed by atoms with van der Waals surface area (Å²) < 4.78 is 31.3. The number of anilines is 1. The molecule has 0 aliphatic carbocycles. The summed E-state index contributed by atoms with van der Waals surface area (Å²) in [5.41, 5.74) is 0.630. The molecule has 7 nitrogen and oxygen atoms in total. The van der Waals surface area contributed by atoms with Crippen molar-refractivity contribution in [3.05, 3.63) is 40.3 Å². The topological polar surface area (TPSA) is 105 Å². The van der Waals surface area contributed by atoms with Gasteiger partial charge in [-0.2, -0.15) is 0 Å². The highest BCUT2D eigenvalue weighted by atomic mass is 32.2. The summed E-state index contributed by atoms with van der Waals surface area (Å²) in [6, 6.07) is 4.13.